The van der Waals surface area contributed by atoms with Crippen molar-refractivity contribution in [1.82, 2.24) is 0 Å². The van der Waals surface area contributed by atoms with Crippen LogP contribution in [-0.2, 0) is 10.8 Å². The van der Waals surface area contributed by atoms with Crippen LogP contribution in [0.15, 0.2) is 53.4 Å². The minimum Gasteiger partial charge on any atom is -0.255 e. The Morgan fingerprint density at radius 2 is 1.58 bits per heavy atom. The molecule has 0 amide bonds. The molecule has 0 saturated heterocycles. The first kappa shape index (κ1) is 17.1. The maximum absolute atomic E-state index is 13.2. The molecule has 24 heavy (non-hydrogen) atoms. The van der Waals surface area contributed by atoms with E-state index in [1.54, 1.807) is 6.26 Å². The SMILES string of the molecule is C/C(=C(\CC1(C)CC1)c1ccc(S(C)=O)cc1)c1ccc(F)cc1. The Balaban J connectivity index is 2.03. The quantitative estimate of drug-likeness (QED) is 0.639. The molecule has 3 rings (SSSR count). The molecule has 1 nitrogen and oxygen atoms in total. The minimum absolute atomic E-state index is 0.211. The van der Waals surface area contributed by atoms with E-state index in [9.17, 15) is 8.60 Å². The molecule has 1 unspecified atom stereocenters. The van der Waals surface area contributed by atoms with Crippen molar-refractivity contribution in [3.63, 3.8) is 0 Å². The van der Waals surface area contributed by atoms with Gasteiger partial charge in [0.25, 0.3) is 0 Å². The molecule has 2 aromatic rings. The van der Waals surface area contributed by atoms with Crippen LogP contribution in [0.5, 0.6) is 0 Å². The molecule has 1 saturated carbocycles. The van der Waals surface area contributed by atoms with Gasteiger partial charge in [-0.15, -0.1) is 0 Å². The summed E-state index contributed by atoms with van der Waals surface area (Å²) < 4.78 is 24.8. The molecule has 1 aliphatic rings. The highest BCUT2D eigenvalue weighted by molar-refractivity contribution is 7.84. The van der Waals surface area contributed by atoms with Gasteiger partial charge < -0.3 is 0 Å². The highest BCUT2D eigenvalue weighted by Gasteiger charge is 2.38. The van der Waals surface area contributed by atoms with Crippen molar-refractivity contribution in [2.45, 2.75) is 38.0 Å². The van der Waals surface area contributed by atoms with E-state index in [1.807, 2.05) is 24.3 Å². The van der Waals surface area contributed by atoms with Crippen molar-refractivity contribution >= 4 is 21.9 Å². The molecule has 1 atom stereocenters. The summed E-state index contributed by atoms with van der Waals surface area (Å²) in [4.78, 5) is 0.843. The van der Waals surface area contributed by atoms with Crippen LogP contribution in [0.3, 0.4) is 0 Å². The zero-order chi connectivity index (χ0) is 17.3. The van der Waals surface area contributed by atoms with Gasteiger partial charge in [-0.05, 0) is 78.1 Å². The summed E-state index contributed by atoms with van der Waals surface area (Å²) in [5.74, 6) is -0.211. The van der Waals surface area contributed by atoms with Gasteiger partial charge in [-0.25, -0.2) is 4.39 Å². The molecule has 0 radical (unpaired) electrons. The van der Waals surface area contributed by atoms with Crippen LogP contribution in [-0.4, -0.2) is 10.5 Å². The highest BCUT2D eigenvalue weighted by atomic mass is 32.2. The predicted octanol–water partition coefficient (Wildman–Crippen LogP) is 5.68. The Morgan fingerprint density at radius 1 is 1.04 bits per heavy atom. The first-order valence-corrected chi connectivity index (χ1v) is 9.83. The Kier molecular flexibility index (Phi) is 4.73. The number of hydrogen-bond acceptors (Lipinski definition) is 1. The molecule has 0 aromatic heterocycles. The number of halogens is 1. The second-order valence-electron chi connectivity index (χ2n) is 7.08. The van der Waals surface area contributed by atoms with Gasteiger partial charge in [0.15, 0.2) is 0 Å². The summed E-state index contributed by atoms with van der Waals surface area (Å²) in [6.45, 7) is 4.43. The lowest BCUT2D eigenvalue weighted by Crippen LogP contribution is -1.99. The summed E-state index contributed by atoms with van der Waals surface area (Å²) in [7, 11) is -0.964. The molecule has 3 heteroatoms. The molecule has 2 aromatic carbocycles. The molecule has 0 N–H and O–H groups in total. The van der Waals surface area contributed by atoms with Gasteiger partial charge in [0, 0.05) is 22.0 Å². The van der Waals surface area contributed by atoms with Crippen molar-refractivity contribution in [3.05, 3.63) is 65.5 Å². The molecular formula is C21H23FOS. The third kappa shape index (κ3) is 3.84. The second-order valence-corrected chi connectivity index (χ2v) is 8.46. The van der Waals surface area contributed by atoms with Crippen molar-refractivity contribution in [1.29, 1.82) is 0 Å². The van der Waals surface area contributed by atoms with Gasteiger partial charge in [0.2, 0.25) is 0 Å². The minimum atomic E-state index is -0.964. The van der Waals surface area contributed by atoms with Gasteiger partial charge in [-0.1, -0.05) is 31.2 Å². The maximum atomic E-state index is 13.2. The topological polar surface area (TPSA) is 17.1 Å². The van der Waals surface area contributed by atoms with Crippen LogP contribution in [0.4, 0.5) is 4.39 Å². The van der Waals surface area contributed by atoms with Crippen molar-refractivity contribution in [3.8, 4) is 0 Å². The van der Waals surface area contributed by atoms with E-state index in [1.165, 1.54) is 41.7 Å². The fourth-order valence-corrected chi connectivity index (χ4v) is 3.51. The van der Waals surface area contributed by atoms with Gasteiger partial charge in [-0.2, -0.15) is 0 Å². The van der Waals surface area contributed by atoms with Crippen molar-refractivity contribution < 1.29 is 8.60 Å². The summed E-state index contributed by atoms with van der Waals surface area (Å²) in [6.07, 6.45) is 5.22. The van der Waals surface area contributed by atoms with E-state index in [4.69, 9.17) is 0 Å². The summed E-state index contributed by atoms with van der Waals surface area (Å²) in [5, 5.41) is 0. The van der Waals surface area contributed by atoms with Gasteiger partial charge in [0.05, 0.1) is 0 Å². The largest absolute Gasteiger partial charge is 0.255 e. The smallest absolute Gasteiger partial charge is 0.123 e. The zero-order valence-corrected chi connectivity index (χ0v) is 15.3. The molecule has 126 valence electrons. The molecule has 0 bridgehead atoms. The predicted molar refractivity (Wildman–Crippen MR) is 99.6 cm³/mol. The molecular weight excluding hydrogens is 319 g/mol. The van der Waals surface area contributed by atoms with Crippen LogP contribution in [0, 0.1) is 11.2 Å². The second kappa shape index (κ2) is 6.64. The number of allylic oxidation sites excluding steroid dienone is 2. The van der Waals surface area contributed by atoms with Gasteiger partial charge in [-0.3, -0.25) is 4.21 Å². The van der Waals surface area contributed by atoms with Crippen LogP contribution < -0.4 is 0 Å². The van der Waals surface area contributed by atoms with Gasteiger partial charge >= 0.3 is 0 Å². The van der Waals surface area contributed by atoms with E-state index in [2.05, 4.69) is 26.0 Å². The summed E-state index contributed by atoms with van der Waals surface area (Å²) in [6, 6.07) is 14.7. The van der Waals surface area contributed by atoms with Crippen molar-refractivity contribution in [2.24, 2.45) is 5.41 Å². The summed E-state index contributed by atoms with van der Waals surface area (Å²) in [5.41, 5.74) is 5.09. The molecule has 1 aliphatic carbocycles. The first-order chi connectivity index (χ1) is 11.4. The lowest BCUT2D eigenvalue weighted by Gasteiger charge is -2.17. The van der Waals surface area contributed by atoms with Crippen LogP contribution in [0.1, 0.15) is 44.2 Å². The van der Waals surface area contributed by atoms with Crippen molar-refractivity contribution in [2.75, 3.05) is 6.26 Å². The van der Waals surface area contributed by atoms with E-state index >= 15 is 0 Å². The number of hydrogen-bond donors (Lipinski definition) is 0. The fraction of sp³-hybridized carbons (Fsp3) is 0.333. The van der Waals surface area contributed by atoms with Gasteiger partial charge in [0.1, 0.15) is 5.82 Å². The average Bonchev–Trinajstić information content (AvgIpc) is 3.30. The number of benzene rings is 2. The molecule has 0 aliphatic heterocycles. The van der Waals surface area contributed by atoms with E-state index in [0.717, 1.165) is 16.9 Å². The van der Waals surface area contributed by atoms with Crippen LogP contribution >= 0.6 is 0 Å². The van der Waals surface area contributed by atoms with E-state index < -0.39 is 10.8 Å². The average molecular weight is 342 g/mol. The van der Waals surface area contributed by atoms with E-state index in [0.29, 0.717) is 5.41 Å². The third-order valence-corrected chi connectivity index (χ3v) is 5.91. The Morgan fingerprint density at radius 3 is 2.08 bits per heavy atom. The highest BCUT2D eigenvalue weighted by Crippen LogP contribution is 2.52. The third-order valence-electron chi connectivity index (χ3n) is 4.97. The lowest BCUT2D eigenvalue weighted by molar-refractivity contribution is 0.594. The van der Waals surface area contributed by atoms with E-state index in [-0.39, 0.29) is 5.82 Å². The first-order valence-electron chi connectivity index (χ1n) is 8.27. The lowest BCUT2D eigenvalue weighted by atomic mass is 9.88. The Hall–Kier alpha value is -1.74. The Labute approximate surface area is 146 Å². The molecule has 0 spiro atoms. The van der Waals surface area contributed by atoms with Crippen LogP contribution in [0.25, 0.3) is 11.1 Å². The zero-order valence-electron chi connectivity index (χ0n) is 14.4. The standard InChI is InChI=1S/C21H23FOS/c1-15(16-4-8-18(22)9-5-16)20(14-21(2)12-13-21)17-6-10-19(11-7-17)24(3)23/h4-11H,12-14H2,1-3H3/b20-15-. The number of rotatable bonds is 5. The Bertz CT molecular complexity index is 784. The maximum Gasteiger partial charge on any atom is 0.123 e. The molecule has 1 fully saturated rings. The normalized spacial score (nSPS) is 18.0. The molecule has 0 heterocycles. The fourth-order valence-electron chi connectivity index (χ4n) is 2.99. The summed E-state index contributed by atoms with van der Waals surface area (Å²) >= 11 is 0. The monoisotopic (exact) mass is 342 g/mol. The van der Waals surface area contributed by atoms with Crippen LogP contribution in [0.2, 0.25) is 0 Å².